The topological polar surface area (TPSA) is 144 Å². The van der Waals surface area contributed by atoms with Gasteiger partial charge >= 0.3 is 6.03 Å². The van der Waals surface area contributed by atoms with Crippen molar-refractivity contribution in [2.75, 3.05) is 18.1 Å². The van der Waals surface area contributed by atoms with Crippen molar-refractivity contribution in [1.82, 2.24) is 29.8 Å². The number of carbonyl (C=O) groups excluding carboxylic acids is 1. The maximum Gasteiger partial charge on any atom is 0.320 e. The molecule has 0 bridgehead atoms. The fraction of sp³-hybridized carbons (Fsp3) is 0.286. The van der Waals surface area contributed by atoms with Gasteiger partial charge in [0.25, 0.3) is 0 Å². The van der Waals surface area contributed by atoms with Crippen LogP contribution < -0.4 is 10.6 Å². The second-order valence-electron chi connectivity index (χ2n) is 7.83. The van der Waals surface area contributed by atoms with Gasteiger partial charge in [-0.05, 0) is 18.2 Å². The molecular weight excluding hydrogens is 446 g/mol. The van der Waals surface area contributed by atoms with Gasteiger partial charge in [0.2, 0.25) is 5.89 Å². The van der Waals surface area contributed by atoms with Gasteiger partial charge in [0.1, 0.15) is 5.65 Å². The molecule has 12 heteroatoms. The number of amides is 2. The summed E-state index contributed by atoms with van der Waals surface area (Å²) in [6.07, 6.45) is 7.95. The average molecular weight is 470 g/mol. The van der Waals surface area contributed by atoms with Crippen molar-refractivity contribution in [2.45, 2.75) is 31.1 Å². The molecule has 2 N–H and O–H groups in total. The van der Waals surface area contributed by atoms with Crippen LogP contribution in [0.25, 0.3) is 16.8 Å². The molecule has 0 aliphatic rings. The molecule has 0 radical (unpaired) electrons. The van der Waals surface area contributed by atoms with Crippen molar-refractivity contribution in [1.29, 1.82) is 0 Å². The van der Waals surface area contributed by atoms with E-state index in [0.717, 1.165) is 11.8 Å². The van der Waals surface area contributed by atoms with Crippen molar-refractivity contribution < 1.29 is 17.7 Å². The number of urea groups is 1. The molecule has 2 amide bonds. The van der Waals surface area contributed by atoms with Crippen LogP contribution in [0, 0.1) is 0 Å². The Bertz CT molecular complexity index is 1410. The third-order valence-corrected chi connectivity index (χ3v) is 5.86. The number of hydrogen-bond donors (Lipinski definition) is 2. The normalized spacial score (nSPS) is 11.8. The molecule has 0 aliphatic carbocycles. The number of sulfone groups is 1. The van der Waals surface area contributed by atoms with Crippen LogP contribution in [0.15, 0.2) is 52.4 Å². The molecular formula is C21H23N7O4S. The molecule has 4 aromatic rings. The Morgan fingerprint density at radius 2 is 1.97 bits per heavy atom. The zero-order chi connectivity index (χ0) is 23.6. The van der Waals surface area contributed by atoms with E-state index in [2.05, 4.69) is 30.7 Å². The summed E-state index contributed by atoms with van der Waals surface area (Å²) in [4.78, 5) is 25.0. The summed E-state index contributed by atoms with van der Waals surface area (Å²) in [7, 11) is -3.36. The van der Waals surface area contributed by atoms with Gasteiger partial charge < -0.3 is 14.2 Å². The minimum Gasteiger partial charge on any atom is -0.339 e. The number of rotatable bonds is 7. The van der Waals surface area contributed by atoms with Crippen LogP contribution >= 0.6 is 0 Å². The predicted octanol–water partition coefficient (Wildman–Crippen LogP) is 2.67. The molecule has 0 unspecified atom stereocenters. The van der Waals surface area contributed by atoms with Gasteiger partial charge in [-0.1, -0.05) is 19.0 Å². The van der Waals surface area contributed by atoms with Gasteiger partial charge in [-0.25, -0.2) is 18.2 Å². The molecule has 4 rings (SSSR count). The number of aromatic nitrogens is 5. The number of imidazole rings is 1. The first-order chi connectivity index (χ1) is 15.7. The van der Waals surface area contributed by atoms with Crippen LogP contribution in [0.1, 0.15) is 31.5 Å². The Morgan fingerprint density at radius 3 is 2.70 bits per heavy atom. The Balaban J connectivity index is 1.40. The number of hydrogen-bond acceptors (Lipinski definition) is 8. The smallest absolute Gasteiger partial charge is 0.320 e. The highest BCUT2D eigenvalue weighted by atomic mass is 32.2. The highest BCUT2D eigenvalue weighted by molar-refractivity contribution is 7.90. The second-order valence-corrected chi connectivity index (χ2v) is 9.84. The maximum atomic E-state index is 12.2. The van der Waals surface area contributed by atoms with Crippen molar-refractivity contribution in [3.8, 4) is 11.1 Å². The molecule has 172 valence electrons. The Kier molecular flexibility index (Phi) is 6.09. The van der Waals surface area contributed by atoms with Crippen LogP contribution in [-0.4, -0.2) is 51.8 Å². The van der Waals surface area contributed by atoms with E-state index in [-0.39, 0.29) is 10.8 Å². The SMILES string of the molecule is CC(C)c1nc(CCNC(=O)Nc2cn3cc(-c4cncc(S(C)(=O)=O)c4)ccc3n2)no1. The molecule has 0 aromatic carbocycles. The summed E-state index contributed by atoms with van der Waals surface area (Å²) in [6.45, 7) is 4.26. The first-order valence-electron chi connectivity index (χ1n) is 10.2. The van der Waals surface area contributed by atoms with Crippen molar-refractivity contribution in [3.05, 3.63) is 54.7 Å². The zero-order valence-corrected chi connectivity index (χ0v) is 19.1. The van der Waals surface area contributed by atoms with E-state index in [4.69, 9.17) is 4.52 Å². The van der Waals surface area contributed by atoms with Crippen molar-refractivity contribution in [3.63, 3.8) is 0 Å². The predicted molar refractivity (Wildman–Crippen MR) is 121 cm³/mol. The molecule has 11 nitrogen and oxygen atoms in total. The monoisotopic (exact) mass is 469 g/mol. The third-order valence-electron chi connectivity index (χ3n) is 4.78. The first kappa shape index (κ1) is 22.4. The largest absolute Gasteiger partial charge is 0.339 e. The summed E-state index contributed by atoms with van der Waals surface area (Å²) >= 11 is 0. The van der Waals surface area contributed by atoms with Crippen LogP contribution in [-0.2, 0) is 16.3 Å². The van der Waals surface area contributed by atoms with Crippen LogP contribution in [0.2, 0.25) is 0 Å². The Morgan fingerprint density at radius 1 is 1.15 bits per heavy atom. The molecule has 0 fully saturated rings. The third kappa shape index (κ3) is 5.34. The standard InChI is InChI=1S/C21H23N7O4S/c1-13(2)20-25-17(27-32-20)6-7-23-21(29)26-18-12-28-11-14(4-5-19(28)24-18)15-8-16(10-22-9-15)33(3,30)31/h4-5,8-13H,6-7H2,1-3H3,(H2,23,26,29). The van der Waals surface area contributed by atoms with Crippen molar-refractivity contribution >= 4 is 27.3 Å². The molecule has 4 heterocycles. The summed E-state index contributed by atoms with van der Waals surface area (Å²) in [5, 5.41) is 9.31. The van der Waals surface area contributed by atoms with Crippen LogP contribution in [0.3, 0.4) is 0 Å². The highest BCUT2D eigenvalue weighted by Crippen LogP contribution is 2.23. The molecule has 0 aliphatic heterocycles. The van der Waals surface area contributed by atoms with Crippen LogP contribution in [0.5, 0.6) is 0 Å². The lowest BCUT2D eigenvalue weighted by atomic mass is 10.1. The lowest BCUT2D eigenvalue weighted by molar-refractivity contribution is 0.252. The minimum absolute atomic E-state index is 0.144. The molecule has 0 atom stereocenters. The number of carbonyl (C=O) groups is 1. The van der Waals surface area contributed by atoms with Gasteiger partial charge in [0.15, 0.2) is 21.5 Å². The van der Waals surface area contributed by atoms with Crippen molar-refractivity contribution in [2.24, 2.45) is 0 Å². The van der Waals surface area contributed by atoms with E-state index in [9.17, 15) is 13.2 Å². The lowest BCUT2D eigenvalue weighted by Crippen LogP contribution is -2.30. The Hall–Kier alpha value is -3.80. The van der Waals surface area contributed by atoms with E-state index < -0.39 is 15.9 Å². The fourth-order valence-corrected chi connectivity index (χ4v) is 3.65. The van der Waals surface area contributed by atoms with Gasteiger partial charge in [0, 0.05) is 54.9 Å². The molecule has 33 heavy (non-hydrogen) atoms. The lowest BCUT2D eigenvalue weighted by Gasteiger charge is -2.04. The fourth-order valence-electron chi connectivity index (χ4n) is 3.05. The van der Waals surface area contributed by atoms with Gasteiger partial charge in [0.05, 0.1) is 11.1 Å². The Labute approximate surface area is 190 Å². The molecule has 4 aromatic heterocycles. The van der Waals surface area contributed by atoms with E-state index in [0.29, 0.717) is 41.7 Å². The molecule has 0 spiro atoms. The summed E-state index contributed by atoms with van der Waals surface area (Å²) in [5.74, 6) is 1.62. The van der Waals surface area contributed by atoms with E-state index in [1.54, 1.807) is 35.1 Å². The summed E-state index contributed by atoms with van der Waals surface area (Å²) < 4.78 is 30.5. The number of nitrogens with one attached hydrogen (secondary N) is 2. The van der Waals surface area contributed by atoms with Crippen LogP contribution in [0.4, 0.5) is 10.6 Å². The zero-order valence-electron chi connectivity index (χ0n) is 18.3. The molecule has 0 saturated heterocycles. The number of fused-ring (bicyclic) bond motifs is 1. The second kappa shape index (κ2) is 8.98. The maximum absolute atomic E-state index is 12.2. The quantitative estimate of drug-likeness (QED) is 0.420. The number of pyridine rings is 2. The van der Waals surface area contributed by atoms with Gasteiger partial charge in [-0.3, -0.25) is 10.3 Å². The average Bonchev–Trinajstić information content (AvgIpc) is 3.39. The highest BCUT2D eigenvalue weighted by Gasteiger charge is 2.12. The number of anilines is 1. The first-order valence-corrected chi connectivity index (χ1v) is 12.1. The van der Waals surface area contributed by atoms with E-state index >= 15 is 0 Å². The summed E-state index contributed by atoms with van der Waals surface area (Å²) in [6, 6.07) is 4.75. The number of nitrogens with zero attached hydrogens (tertiary/aromatic N) is 5. The van der Waals surface area contributed by atoms with E-state index in [1.165, 1.54) is 6.20 Å². The summed E-state index contributed by atoms with van der Waals surface area (Å²) in [5.41, 5.74) is 2.03. The van der Waals surface area contributed by atoms with Gasteiger partial charge in [-0.15, -0.1) is 0 Å². The van der Waals surface area contributed by atoms with E-state index in [1.807, 2.05) is 19.9 Å². The molecule has 0 saturated carbocycles. The minimum atomic E-state index is -3.36. The van der Waals surface area contributed by atoms with Gasteiger partial charge in [-0.2, -0.15) is 4.98 Å².